The molecule has 0 aromatic heterocycles. The topological polar surface area (TPSA) is 92.9 Å². The lowest BCUT2D eigenvalue weighted by Gasteiger charge is -2.37. The molecule has 0 radical (unpaired) electrons. The van der Waals surface area contributed by atoms with E-state index in [-0.39, 0.29) is 17.2 Å². The van der Waals surface area contributed by atoms with Crippen LogP contribution in [-0.2, 0) is 9.53 Å². The number of carboxylic acid groups (broad SMARTS) is 1. The third kappa shape index (κ3) is 5.79. The van der Waals surface area contributed by atoms with E-state index < -0.39 is 5.97 Å². The molecule has 1 aromatic carbocycles. The third-order valence-corrected chi connectivity index (χ3v) is 5.03. The molecule has 0 heterocycles. The van der Waals surface area contributed by atoms with Crippen LogP contribution < -0.4 is 4.90 Å². The van der Waals surface area contributed by atoms with Crippen LogP contribution in [0.25, 0.3) is 5.57 Å². The second kappa shape index (κ2) is 10.2. The van der Waals surface area contributed by atoms with Crippen LogP contribution in [0.5, 0.6) is 0 Å². The van der Waals surface area contributed by atoms with Crippen molar-refractivity contribution in [2.45, 2.75) is 52.0 Å². The average molecular weight is 390 g/mol. The van der Waals surface area contributed by atoms with E-state index >= 15 is 0 Å². The molecule has 2 rings (SSSR count). The molecular weight excluding hydrogens is 360 g/mol. The van der Waals surface area contributed by atoms with E-state index in [9.17, 15) is 14.9 Å². The first kappa shape index (κ1) is 21.9. The number of hydrogen-bond acceptors (Lipinski definition) is 5. The Bertz CT molecular complexity index is 724. The van der Waals surface area contributed by atoms with E-state index in [1.54, 1.807) is 12.1 Å². The Kier molecular flexibility index (Phi) is 7.99. The number of nitrogens with zero attached hydrogens (tertiary/aromatic N) is 2. The lowest BCUT2D eigenvalue weighted by molar-refractivity contribution is -0.384. The summed E-state index contributed by atoms with van der Waals surface area (Å²) in [6.45, 7) is 5.05. The number of nitro groups is 1. The fraction of sp³-hybridized carbons (Fsp3) is 0.571. The quantitative estimate of drug-likeness (QED) is 0.379. The van der Waals surface area contributed by atoms with Gasteiger partial charge in [-0.1, -0.05) is 39.2 Å². The molecule has 0 atom stereocenters. The van der Waals surface area contributed by atoms with Crippen LogP contribution in [0, 0.1) is 16.0 Å². The number of methoxy groups -OCH3 is 1. The molecule has 1 aliphatic carbocycles. The van der Waals surface area contributed by atoms with Gasteiger partial charge in [0, 0.05) is 31.8 Å². The average Bonchev–Trinajstić information content (AvgIpc) is 2.65. The van der Waals surface area contributed by atoms with Gasteiger partial charge in [-0.05, 0) is 36.0 Å². The van der Waals surface area contributed by atoms with Gasteiger partial charge < -0.3 is 14.7 Å². The fourth-order valence-corrected chi connectivity index (χ4v) is 3.86. The first-order chi connectivity index (χ1) is 13.3. The van der Waals surface area contributed by atoms with E-state index in [2.05, 4.69) is 18.7 Å². The SMILES string of the molecule is COC/C(=C/C(=O)O)c1ccc(N(CC(C)C)C2CCCCC2)c([N+](=O)[O-])c1. The number of anilines is 1. The molecule has 0 aliphatic heterocycles. The highest BCUT2D eigenvalue weighted by molar-refractivity contribution is 5.91. The van der Waals surface area contributed by atoms with Crippen molar-refractivity contribution in [3.63, 3.8) is 0 Å². The molecule has 1 aliphatic rings. The van der Waals surface area contributed by atoms with Crippen molar-refractivity contribution in [2.24, 2.45) is 5.92 Å². The smallest absolute Gasteiger partial charge is 0.328 e. The maximum Gasteiger partial charge on any atom is 0.328 e. The van der Waals surface area contributed by atoms with E-state index in [0.29, 0.717) is 28.8 Å². The molecule has 7 heteroatoms. The number of ether oxygens (including phenoxy) is 1. The number of hydrogen-bond donors (Lipinski definition) is 1. The molecule has 1 saturated carbocycles. The number of carboxylic acids is 1. The molecular formula is C21H30N2O5. The Balaban J connectivity index is 2.49. The summed E-state index contributed by atoms with van der Waals surface area (Å²) in [6.07, 6.45) is 6.62. The Morgan fingerprint density at radius 2 is 2.04 bits per heavy atom. The first-order valence-electron chi connectivity index (χ1n) is 9.81. The fourth-order valence-electron chi connectivity index (χ4n) is 3.86. The molecule has 1 aromatic rings. The third-order valence-electron chi connectivity index (χ3n) is 5.03. The van der Waals surface area contributed by atoms with E-state index in [4.69, 9.17) is 9.84 Å². The Morgan fingerprint density at radius 1 is 1.36 bits per heavy atom. The Labute approximate surface area is 166 Å². The van der Waals surface area contributed by atoms with Gasteiger partial charge in [0.2, 0.25) is 0 Å². The van der Waals surface area contributed by atoms with Gasteiger partial charge in [0.25, 0.3) is 5.69 Å². The van der Waals surface area contributed by atoms with Crippen molar-refractivity contribution in [2.75, 3.05) is 25.2 Å². The van der Waals surface area contributed by atoms with Gasteiger partial charge in [-0.3, -0.25) is 10.1 Å². The molecule has 1 fully saturated rings. The second-order valence-electron chi connectivity index (χ2n) is 7.74. The first-order valence-corrected chi connectivity index (χ1v) is 9.81. The number of benzene rings is 1. The maximum absolute atomic E-state index is 11.9. The molecule has 0 amide bonds. The van der Waals surface area contributed by atoms with Crippen molar-refractivity contribution in [1.82, 2.24) is 0 Å². The summed E-state index contributed by atoms with van der Waals surface area (Å²) < 4.78 is 5.07. The molecule has 0 saturated heterocycles. The van der Waals surface area contributed by atoms with Gasteiger partial charge in [0.15, 0.2) is 0 Å². The lowest BCUT2D eigenvalue weighted by Crippen LogP contribution is -2.39. The number of carbonyl (C=O) groups is 1. The number of aliphatic carboxylic acids is 1. The van der Waals surface area contributed by atoms with Gasteiger partial charge in [0.05, 0.1) is 11.5 Å². The molecule has 1 N–H and O–H groups in total. The van der Waals surface area contributed by atoms with E-state index in [0.717, 1.165) is 38.3 Å². The van der Waals surface area contributed by atoms with Gasteiger partial charge >= 0.3 is 5.97 Å². The highest BCUT2D eigenvalue weighted by atomic mass is 16.6. The monoisotopic (exact) mass is 390 g/mol. The van der Waals surface area contributed by atoms with Crippen LogP contribution in [0.1, 0.15) is 51.5 Å². The zero-order valence-corrected chi connectivity index (χ0v) is 16.9. The van der Waals surface area contributed by atoms with E-state index in [1.165, 1.54) is 19.6 Å². The minimum Gasteiger partial charge on any atom is -0.478 e. The maximum atomic E-state index is 11.9. The largest absolute Gasteiger partial charge is 0.478 e. The van der Waals surface area contributed by atoms with Gasteiger partial charge in [-0.15, -0.1) is 0 Å². The molecule has 28 heavy (non-hydrogen) atoms. The van der Waals surface area contributed by atoms with Crippen LogP contribution in [0.4, 0.5) is 11.4 Å². The van der Waals surface area contributed by atoms with Crippen LogP contribution in [0.2, 0.25) is 0 Å². The summed E-state index contributed by atoms with van der Waals surface area (Å²) in [5.74, 6) is -0.736. The summed E-state index contributed by atoms with van der Waals surface area (Å²) >= 11 is 0. The van der Waals surface area contributed by atoms with E-state index in [1.807, 2.05) is 0 Å². The van der Waals surface area contributed by atoms with Gasteiger partial charge in [0.1, 0.15) is 5.69 Å². The number of rotatable bonds is 9. The van der Waals surface area contributed by atoms with Crippen LogP contribution in [-0.4, -0.2) is 42.3 Å². The summed E-state index contributed by atoms with van der Waals surface area (Å²) in [4.78, 5) is 24.8. The highest BCUT2D eigenvalue weighted by Gasteiger charge is 2.28. The normalized spacial score (nSPS) is 15.6. The van der Waals surface area contributed by atoms with Crippen LogP contribution in [0.15, 0.2) is 24.3 Å². The molecule has 0 bridgehead atoms. The number of nitro benzene ring substituents is 1. The minimum absolute atomic E-state index is 0.0103. The summed E-state index contributed by atoms with van der Waals surface area (Å²) in [6, 6.07) is 5.29. The summed E-state index contributed by atoms with van der Waals surface area (Å²) in [5.41, 5.74) is 1.52. The predicted molar refractivity (Wildman–Crippen MR) is 110 cm³/mol. The molecule has 7 nitrogen and oxygen atoms in total. The van der Waals surface area contributed by atoms with Crippen molar-refractivity contribution >= 4 is 22.9 Å². The molecule has 154 valence electrons. The standard InChI is InChI=1S/C21H30N2O5/c1-15(2)13-22(18-7-5-4-6-8-18)19-10-9-16(11-20(19)23(26)27)17(14-28-3)12-21(24)25/h9-12,15,18H,4-8,13-14H2,1-3H3,(H,24,25)/b17-12-. The Hall–Kier alpha value is -2.41. The minimum atomic E-state index is -1.11. The highest BCUT2D eigenvalue weighted by Crippen LogP contribution is 2.36. The predicted octanol–water partition coefficient (Wildman–Crippen LogP) is 4.50. The van der Waals surface area contributed by atoms with Crippen LogP contribution >= 0.6 is 0 Å². The van der Waals surface area contributed by atoms with Crippen molar-refractivity contribution in [1.29, 1.82) is 0 Å². The summed E-state index contributed by atoms with van der Waals surface area (Å²) in [7, 11) is 1.46. The van der Waals surface area contributed by atoms with Crippen molar-refractivity contribution in [3.8, 4) is 0 Å². The molecule has 0 unspecified atom stereocenters. The Morgan fingerprint density at radius 3 is 2.57 bits per heavy atom. The van der Waals surface area contributed by atoms with Crippen LogP contribution in [0.3, 0.4) is 0 Å². The lowest BCUT2D eigenvalue weighted by atomic mass is 9.92. The van der Waals surface area contributed by atoms with Crippen molar-refractivity contribution < 1.29 is 19.6 Å². The van der Waals surface area contributed by atoms with Gasteiger partial charge in [-0.25, -0.2) is 4.79 Å². The second-order valence-corrected chi connectivity index (χ2v) is 7.74. The summed E-state index contributed by atoms with van der Waals surface area (Å²) in [5, 5.41) is 20.9. The molecule has 0 spiro atoms. The van der Waals surface area contributed by atoms with Crippen molar-refractivity contribution in [3.05, 3.63) is 40.0 Å². The van der Waals surface area contributed by atoms with Gasteiger partial charge in [-0.2, -0.15) is 0 Å². The zero-order valence-electron chi connectivity index (χ0n) is 16.9. The zero-order chi connectivity index (χ0) is 20.7.